The maximum absolute atomic E-state index is 9.32. The van der Waals surface area contributed by atoms with Crippen molar-refractivity contribution in [3.63, 3.8) is 0 Å². The predicted octanol–water partition coefficient (Wildman–Crippen LogP) is 1.25. The molecule has 1 aliphatic rings. The number of nitrogens with one attached hydrogen (secondary N) is 1. The first kappa shape index (κ1) is 8.38. The Morgan fingerprint density at radius 3 is 3.15 bits per heavy atom. The molecule has 0 aromatic heterocycles. The standard InChI is InChI=1S/C10H14N2O/c11-4-3-7-6-12-10-2-1-8(13)5-9(7)10/h1-2,5,7,12-13H,3-4,6,11H2. The third-order valence-electron chi connectivity index (χ3n) is 2.53. The summed E-state index contributed by atoms with van der Waals surface area (Å²) in [6, 6.07) is 5.45. The number of nitrogens with two attached hydrogens (primary N) is 1. The number of fused-ring (bicyclic) bond motifs is 1. The van der Waals surface area contributed by atoms with Gasteiger partial charge in [0.1, 0.15) is 5.75 Å². The minimum atomic E-state index is 0.337. The lowest BCUT2D eigenvalue weighted by atomic mass is 9.98. The van der Waals surface area contributed by atoms with Crippen LogP contribution in [0.25, 0.3) is 0 Å². The van der Waals surface area contributed by atoms with Gasteiger partial charge in [0.15, 0.2) is 0 Å². The van der Waals surface area contributed by atoms with Crippen molar-refractivity contribution in [2.75, 3.05) is 18.4 Å². The number of aromatic hydroxyl groups is 1. The second kappa shape index (κ2) is 3.26. The quantitative estimate of drug-likeness (QED) is 0.597. The van der Waals surface area contributed by atoms with Gasteiger partial charge in [-0.1, -0.05) is 0 Å². The second-order valence-electron chi connectivity index (χ2n) is 3.43. The van der Waals surface area contributed by atoms with Gasteiger partial charge < -0.3 is 16.2 Å². The van der Waals surface area contributed by atoms with Gasteiger partial charge in [0.2, 0.25) is 0 Å². The summed E-state index contributed by atoms with van der Waals surface area (Å²) < 4.78 is 0. The number of hydrogen-bond donors (Lipinski definition) is 3. The molecule has 1 aliphatic heterocycles. The summed E-state index contributed by atoms with van der Waals surface area (Å²) >= 11 is 0. The number of phenols is 1. The molecule has 1 aromatic carbocycles. The average molecular weight is 178 g/mol. The largest absolute Gasteiger partial charge is 0.508 e. The lowest BCUT2D eigenvalue weighted by molar-refractivity contribution is 0.474. The fraction of sp³-hybridized carbons (Fsp3) is 0.400. The first-order valence-corrected chi connectivity index (χ1v) is 4.58. The molecule has 0 bridgehead atoms. The van der Waals surface area contributed by atoms with E-state index in [-0.39, 0.29) is 0 Å². The number of benzene rings is 1. The van der Waals surface area contributed by atoms with Crippen LogP contribution >= 0.6 is 0 Å². The van der Waals surface area contributed by atoms with Crippen LogP contribution in [0.1, 0.15) is 17.9 Å². The Hall–Kier alpha value is -1.22. The van der Waals surface area contributed by atoms with Crippen LogP contribution in [-0.4, -0.2) is 18.2 Å². The van der Waals surface area contributed by atoms with Crippen molar-refractivity contribution >= 4 is 5.69 Å². The first-order valence-electron chi connectivity index (χ1n) is 4.58. The monoisotopic (exact) mass is 178 g/mol. The lowest BCUT2D eigenvalue weighted by Crippen LogP contribution is -2.08. The molecule has 1 aromatic rings. The second-order valence-corrected chi connectivity index (χ2v) is 3.43. The molecule has 0 amide bonds. The summed E-state index contributed by atoms with van der Waals surface area (Å²) in [5.74, 6) is 0.802. The van der Waals surface area contributed by atoms with Crippen molar-refractivity contribution in [2.45, 2.75) is 12.3 Å². The molecule has 1 unspecified atom stereocenters. The highest BCUT2D eigenvalue weighted by molar-refractivity contribution is 5.59. The van der Waals surface area contributed by atoms with Gasteiger partial charge in [0.25, 0.3) is 0 Å². The van der Waals surface area contributed by atoms with E-state index < -0.39 is 0 Å². The number of anilines is 1. The Bertz CT molecular complexity index is 310. The molecule has 70 valence electrons. The molecular formula is C10H14N2O. The van der Waals surface area contributed by atoms with Crippen LogP contribution in [-0.2, 0) is 0 Å². The van der Waals surface area contributed by atoms with E-state index in [0.717, 1.165) is 18.7 Å². The Morgan fingerprint density at radius 2 is 2.38 bits per heavy atom. The summed E-state index contributed by atoms with van der Waals surface area (Å²) in [7, 11) is 0. The third kappa shape index (κ3) is 1.47. The summed E-state index contributed by atoms with van der Waals surface area (Å²) in [6.07, 6.45) is 0.976. The molecule has 3 nitrogen and oxygen atoms in total. The van der Waals surface area contributed by atoms with Crippen molar-refractivity contribution in [1.82, 2.24) is 0 Å². The summed E-state index contributed by atoms with van der Waals surface area (Å²) in [4.78, 5) is 0. The van der Waals surface area contributed by atoms with E-state index in [1.54, 1.807) is 6.07 Å². The molecule has 2 rings (SSSR count). The van der Waals surface area contributed by atoms with Crippen molar-refractivity contribution < 1.29 is 5.11 Å². The van der Waals surface area contributed by atoms with E-state index in [1.165, 1.54) is 5.56 Å². The van der Waals surface area contributed by atoms with Gasteiger partial charge in [0.05, 0.1) is 0 Å². The van der Waals surface area contributed by atoms with E-state index in [0.29, 0.717) is 18.2 Å². The Morgan fingerprint density at radius 1 is 1.54 bits per heavy atom. The van der Waals surface area contributed by atoms with Gasteiger partial charge >= 0.3 is 0 Å². The number of phenolic OH excluding ortho intramolecular Hbond substituents is 1. The van der Waals surface area contributed by atoms with Gasteiger partial charge in [0, 0.05) is 18.2 Å². The highest BCUT2D eigenvalue weighted by Crippen LogP contribution is 2.35. The minimum absolute atomic E-state index is 0.337. The molecule has 0 aliphatic carbocycles. The fourth-order valence-electron chi connectivity index (χ4n) is 1.85. The van der Waals surface area contributed by atoms with E-state index in [9.17, 15) is 5.11 Å². The maximum Gasteiger partial charge on any atom is 0.116 e. The zero-order chi connectivity index (χ0) is 9.26. The summed E-state index contributed by atoms with van der Waals surface area (Å²) in [5, 5.41) is 12.6. The van der Waals surface area contributed by atoms with E-state index >= 15 is 0 Å². The fourth-order valence-corrected chi connectivity index (χ4v) is 1.85. The normalized spacial score (nSPS) is 19.6. The van der Waals surface area contributed by atoms with Crippen molar-refractivity contribution in [1.29, 1.82) is 0 Å². The molecule has 0 fully saturated rings. The molecule has 1 atom stereocenters. The number of rotatable bonds is 2. The van der Waals surface area contributed by atoms with Crippen LogP contribution in [0.15, 0.2) is 18.2 Å². The highest BCUT2D eigenvalue weighted by atomic mass is 16.3. The van der Waals surface area contributed by atoms with Crippen LogP contribution in [0, 0.1) is 0 Å². The van der Waals surface area contributed by atoms with Crippen LogP contribution in [0.3, 0.4) is 0 Å². The molecule has 4 N–H and O–H groups in total. The first-order chi connectivity index (χ1) is 6.31. The Balaban J connectivity index is 2.29. The van der Waals surface area contributed by atoms with Crippen LogP contribution < -0.4 is 11.1 Å². The van der Waals surface area contributed by atoms with Gasteiger partial charge in [-0.2, -0.15) is 0 Å². The zero-order valence-electron chi connectivity index (χ0n) is 7.46. The third-order valence-corrected chi connectivity index (χ3v) is 2.53. The average Bonchev–Trinajstić information content (AvgIpc) is 2.49. The van der Waals surface area contributed by atoms with Crippen LogP contribution in [0.2, 0.25) is 0 Å². The molecule has 0 radical (unpaired) electrons. The van der Waals surface area contributed by atoms with Gasteiger partial charge in [-0.15, -0.1) is 0 Å². The molecule has 0 spiro atoms. The van der Waals surface area contributed by atoms with Crippen molar-refractivity contribution in [3.05, 3.63) is 23.8 Å². The van der Waals surface area contributed by atoms with E-state index in [1.807, 2.05) is 12.1 Å². The molecule has 1 heterocycles. The van der Waals surface area contributed by atoms with Crippen molar-refractivity contribution in [2.24, 2.45) is 5.73 Å². The van der Waals surface area contributed by atoms with Crippen LogP contribution in [0.4, 0.5) is 5.69 Å². The van der Waals surface area contributed by atoms with Crippen molar-refractivity contribution in [3.8, 4) is 5.75 Å². The van der Waals surface area contributed by atoms with Gasteiger partial charge in [-0.25, -0.2) is 0 Å². The molecular weight excluding hydrogens is 164 g/mol. The van der Waals surface area contributed by atoms with E-state index in [4.69, 9.17) is 5.73 Å². The minimum Gasteiger partial charge on any atom is -0.508 e. The summed E-state index contributed by atoms with van der Waals surface area (Å²) in [6.45, 7) is 1.64. The molecule has 0 saturated carbocycles. The highest BCUT2D eigenvalue weighted by Gasteiger charge is 2.21. The SMILES string of the molecule is NCCC1CNc2ccc(O)cc21. The number of hydrogen-bond acceptors (Lipinski definition) is 3. The molecule has 13 heavy (non-hydrogen) atoms. The Kier molecular flexibility index (Phi) is 2.10. The lowest BCUT2D eigenvalue weighted by Gasteiger charge is -2.07. The van der Waals surface area contributed by atoms with Gasteiger partial charge in [-0.3, -0.25) is 0 Å². The van der Waals surface area contributed by atoms with Crippen LogP contribution in [0.5, 0.6) is 5.75 Å². The predicted molar refractivity (Wildman–Crippen MR) is 53.0 cm³/mol. The zero-order valence-corrected chi connectivity index (χ0v) is 7.46. The molecule has 3 heteroatoms. The Labute approximate surface area is 77.6 Å². The smallest absolute Gasteiger partial charge is 0.116 e. The topological polar surface area (TPSA) is 58.3 Å². The van der Waals surface area contributed by atoms with Gasteiger partial charge in [-0.05, 0) is 36.7 Å². The molecule has 0 saturated heterocycles. The van der Waals surface area contributed by atoms with E-state index in [2.05, 4.69) is 5.32 Å². The maximum atomic E-state index is 9.32. The summed E-state index contributed by atoms with van der Waals surface area (Å²) in [5.41, 5.74) is 7.85.